The highest BCUT2D eigenvalue weighted by Gasteiger charge is 2.23. The third-order valence-corrected chi connectivity index (χ3v) is 7.12. The number of imidazole rings is 1. The normalized spacial score (nSPS) is 16.4. The van der Waals surface area contributed by atoms with Crippen molar-refractivity contribution in [2.45, 2.75) is 39.0 Å². The van der Waals surface area contributed by atoms with Gasteiger partial charge in [-0.25, -0.2) is 19.9 Å². The molecule has 2 aliphatic rings. The van der Waals surface area contributed by atoms with E-state index in [2.05, 4.69) is 35.9 Å². The molecule has 11 nitrogen and oxygen atoms in total. The molecule has 4 N–H and O–H groups in total. The van der Waals surface area contributed by atoms with Crippen LogP contribution in [0.2, 0.25) is 0 Å². The summed E-state index contributed by atoms with van der Waals surface area (Å²) in [6, 6.07) is 5.99. The van der Waals surface area contributed by atoms with E-state index >= 15 is 0 Å². The van der Waals surface area contributed by atoms with Crippen LogP contribution in [-0.2, 0) is 25.9 Å². The fourth-order valence-electron chi connectivity index (χ4n) is 5.14. The van der Waals surface area contributed by atoms with Crippen LogP contribution in [0.15, 0.2) is 43.0 Å². The number of aliphatic hydroxyl groups excluding tert-OH is 1. The van der Waals surface area contributed by atoms with E-state index in [4.69, 9.17) is 15.6 Å². The van der Waals surface area contributed by atoms with Gasteiger partial charge in [-0.05, 0) is 30.0 Å². The number of hydrogen-bond donors (Lipinski definition) is 3. The number of aliphatic hydroxyl groups is 1. The Morgan fingerprint density at radius 3 is 2.97 bits per heavy atom. The Labute approximate surface area is 212 Å². The van der Waals surface area contributed by atoms with Crippen LogP contribution >= 0.6 is 0 Å². The lowest BCUT2D eigenvalue weighted by Gasteiger charge is -2.23. The third-order valence-electron chi connectivity index (χ3n) is 7.12. The van der Waals surface area contributed by atoms with Crippen LogP contribution in [0.5, 0.6) is 5.88 Å². The number of nitrogens with one attached hydrogen (secondary N) is 1. The minimum atomic E-state index is -0.544. The van der Waals surface area contributed by atoms with E-state index in [-0.39, 0.29) is 6.61 Å². The highest BCUT2D eigenvalue weighted by Crippen LogP contribution is 2.34. The van der Waals surface area contributed by atoms with Crippen LogP contribution in [0.1, 0.15) is 22.6 Å². The number of aromatic nitrogens is 7. The number of fused-ring (bicyclic) bond motifs is 4. The molecule has 37 heavy (non-hydrogen) atoms. The molecule has 0 spiro atoms. The van der Waals surface area contributed by atoms with Gasteiger partial charge < -0.3 is 25.5 Å². The van der Waals surface area contributed by atoms with Gasteiger partial charge in [-0.2, -0.15) is 5.10 Å². The van der Waals surface area contributed by atoms with E-state index in [0.29, 0.717) is 36.2 Å². The van der Waals surface area contributed by atoms with Crippen molar-refractivity contribution in [3.63, 3.8) is 0 Å². The first-order valence-corrected chi connectivity index (χ1v) is 12.2. The van der Waals surface area contributed by atoms with Gasteiger partial charge in [0.25, 0.3) is 0 Å². The summed E-state index contributed by atoms with van der Waals surface area (Å²) in [6.07, 6.45) is 8.15. The second-order valence-electron chi connectivity index (χ2n) is 9.52. The average Bonchev–Trinajstić information content (AvgIpc) is 3.45. The van der Waals surface area contributed by atoms with Gasteiger partial charge in [-0.1, -0.05) is 0 Å². The van der Waals surface area contributed by atoms with E-state index in [1.54, 1.807) is 12.4 Å². The number of nitrogens with two attached hydrogens (primary N) is 1. The molecule has 0 aromatic carbocycles. The second-order valence-corrected chi connectivity index (χ2v) is 9.52. The maximum atomic E-state index is 10.1. The van der Waals surface area contributed by atoms with Crippen LogP contribution in [0, 0.1) is 6.92 Å². The maximum absolute atomic E-state index is 10.1. The predicted molar refractivity (Wildman–Crippen MR) is 138 cm³/mol. The molecule has 1 atom stereocenters. The maximum Gasteiger partial charge on any atom is 0.216 e. The quantitative estimate of drug-likeness (QED) is 0.344. The number of nitrogen functional groups attached to an aromatic ring is 1. The molecular formula is C26H25N9O2. The Morgan fingerprint density at radius 2 is 2.05 bits per heavy atom. The molecule has 5 aromatic rings. The Morgan fingerprint density at radius 1 is 1.14 bits per heavy atom. The average molecular weight is 496 g/mol. The van der Waals surface area contributed by atoms with Crippen molar-refractivity contribution in [3.05, 3.63) is 65.6 Å². The molecule has 0 saturated carbocycles. The number of hydrogen-bond acceptors (Lipinski definition) is 9. The van der Waals surface area contributed by atoms with E-state index in [1.165, 1.54) is 0 Å². The summed E-state index contributed by atoms with van der Waals surface area (Å²) < 4.78 is 9.74. The number of pyridine rings is 3. The monoisotopic (exact) mass is 495 g/mol. The second kappa shape index (κ2) is 8.27. The Hall–Kier alpha value is -4.51. The molecule has 11 heteroatoms. The number of anilines is 3. The van der Waals surface area contributed by atoms with Crippen molar-refractivity contribution in [3.8, 4) is 17.1 Å². The largest absolute Gasteiger partial charge is 0.475 e. The molecule has 7 heterocycles. The molecule has 0 amide bonds. The minimum absolute atomic E-state index is 0.257. The smallest absolute Gasteiger partial charge is 0.216 e. The van der Waals surface area contributed by atoms with Crippen molar-refractivity contribution in [2.24, 2.45) is 0 Å². The summed E-state index contributed by atoms with van der Waals surface area (Å²) in [6.45, 7) is 3.77. The number of aryl methyl sites for hydroxylation is 2. The molecule has 186 valence electrons. The van der Waals surface area contributed by atoms with Gasteiger partial charge in [0.15, 0.2) is 5.82 Å². The van der Waals surface area contributed by atoms with Gasteiger partial charge in [0.05, 0.1) is 18.3 Å². The zero-order valence-electron chi connectivity index (χ0n) is 20.2. The molecule has 0 fully saturated rings. The Kier molecular flexibility index (Phi) is 4.86. The molecule has 5 aromatic heterocycles. The van der Waals surface area contributed by atoms with E-state index < -0.39 is 6.10 Å². The van der Waals surface area contributed by atoms with Crippen molar-refractivity contribution in [2.75, 3.05) is 17.7 Å². The third kappa shape index (κ3) is 3.75. The van der Waals surface area contributed by atoms with Crippen LogP contribution in [0.4, 0.5) is 17.5 Å². The molecule has 7 rings (SSSR count). The van der Waals surface area contributed by atoms with Gasteiger partial charge in [0.1, 0.15) is 24.1 Å². The van der Waals surface area contributed by atoms with Crippen molar-refractivity contribution < 1.29 is 9.84 Å². The van der Waals surface area contributed by atoms with E-state index in [0.717, 1.165) is 57.8 Å². The minimum Gasteiger partial charge on any atom is -0.475 e. The summed E-state index contributed by atoms with van der Waals surface area (Å²) in [5.41, 5.74) is 10.9. The standard InChI is InChI=1S/C26H25N9O2/c1-14-18-9-17(36)13-37-26(18)30-10-19(14)21-6-15-7-22(29-11-20(15)25(27)31-21)32-23-8-16-2-4-34-5-3-28-24(34)12-35(16)33-23/h3,5-8,10-11,17,36H,2,4,9,12-13H2,1H3,(H2,27,31)(H,29,32,33)/t17-/m0/s1. The summed E-state index contributed by atoms with van der Waals surface area (Å²) in [7, 11) is 0. The van der Waals surface area contributed by atoms with Crippen LogP contribution in [0.25, 0.3) is 22.0 Å². The number of rotatable bonds is 3. The zero-order valence-corrected chi connectivity index (χ0v) is 20.2. The van der Waals surface area contributed by atoms with Crippen LogP contribution in [0.3, 0.4) is 0 Å². The van der Waals surface area contributed by atoms with Crippen molar-refractivity contribution in [1.29, 1.82) is 0 Å². The van der Waals surface area contributed by atoms with Gasteiger partial charge in [0.2, 0.25) is 5.88 Å². The highest BCUT2D eigenvalue weighted by molar-refractivity contribution is 5.94. The van der Waals surface area contributed by atoms with Crippen LogP contribution < -0.4 is 15.8 Å². The first-order chi connectivity index (χ1) is 18.0. The molecular weight excluding hydrogens is 470 g/mol. The lowest BCUT2D eigenvalue weighted by Crippen LogP contribution is -2.26. The van der Waals surface area contributed by atoms with Gasteiger partial charge in [0, 0.05) is 72.4 Å². The van der Waals surface area contributed by atoms with Gasteiger partial charge >= 0.3 is 0 Å². The SMILES string of the molecule is Cc1c(-c2cc3cc(Nc4cc5n(n4)Cc4nccn4CC5)ncc3c(N)n2)cnc2c1C[C@H](O)CO2. The molecule has 0 radical (unpaired) electrons. The van der Waals surface area contributed by atoms with Crippen LogP contribution in [-0.4, -0.2) is 52.1 Å². The number of ether oxygens (including phenoxy) is 1. The van der Waals surface area contributed by atoms with Gasteiger partial charge in [-0.15, -0.1) is 0 Å². The molecule has 0 saturated heterocycles. The van der Waals surface area contributed by atoms with Crippen molar-refractivity contribution >= 4 is 28.2 Å². The highest BCUT2D eigenvalue weighted by atomic mass is 16.5. The van der Waals surface area contributed by atoms with Crippen molar-refractivity contribution in [1.82, 2.24) is 34.3 Å². The Balaban J connectivity index is 1.22. The molecule has 0 aliphatic carbocycles. The number of nitrogens with zero attached hydrogens (tertiary/aromatic N) is 7. The van der Waals surface area contributed by atoms with E-state index in [9.17, 15) is 5.11 Å². The first-order valence-electron chi connectivity index (χ1n) is 12.2. The molecule has 2 aliphatic heterocycles. The van der Waals surface area contributed by atoms with E-state index in [1.807, 2.05) is 36.1 Å². The summed E-state index contributed by atoms with van der Waals surface area (Å²) >= 11 is 0. The molecule has 0 bridgehead atoms. The summed E-state index contributed by atoms with van der Waals surface area (Å²) in [4.78, 5) is 18.1. The topological polar surface area (TPSA) is 142 Å². The molecule has 0 unspecified atom stereocenters. The lowest BCUT2D eigenvalue weighted by atomic mass is 9.96. The zero-order chi connectivity index (χ0) is 25.1. The predicted octanol–water partition coefficient (Wildman–Crippen LogP) is 2.62. The first kappa shape index (κ1) is 21.7. The fourth-order valence-corrected chi connectivity index (χ4v) is 5.14. The van der Waals surface area contributed by atoms with Gasteiger partial charge in [-0.3, -0.25) is 4.68 Å². The Bertz CT molecular complexity index is 1670. The summed E-state index contributed by atoms with van der Waals surface area (Å²) in [5, 5.41) is 19.8. The fraction of sp³-hybridized carbons (Fsp3) is 0.269. The lowest BCUT2D eigenvalue weighted by molar-refractivity contribution is 0.0884. The summed E-state index contributed by atoms with van der Waals surface area (Å²) in [5.74, 6) is 3.36.